The average Bonchev–Trinajstić information content (AvgIpc) is 2.48. The Morgan fingerprint density at radius 1 is 1.06 bits per heavy atom. The summed E-state index contributed by atoms with van der Waals surface area (Å²) < 4.78 is 0. The lowest BCUT2D eigenvalue weighted by atomic mass is 10.0. The zero-order chi connectivity index (χ0) is 11.4. The van der Waals surface area contributed by atoms with Gasteiger partial charge in [-0.3, -0.25) is 4.79 Å². The van der Waals surface area contributed by atoms with Crippen LogP contribution in [-0.2, 0) is 4.79 Å². The lowest BCUT2D eigenvalue weighted by Crippen LogP contribution is -1.99. The van der Waals surface area contributed by atoms with Gasteiger partial charge in [-0.05, 0) is 49.0 Å². The molecule has 1 fully saturated rings. The molecule has 0 saturated heterocycles. The van der Waals surface area contributed by atoms with Crippen LogP contribution >= 0.6 is 0 Å². The minimum Gasteiger partial charge on any atom is -0.295 e. The van der Waals surface area contributed by atoms with Crippen LogP contribution in [0.1, 0.15) is 43.2 Å². The molecule has 84 valence electrons. The van der Waals surface area contributed by atoms with Gasteiger partial charge in [0.25, 0.3) is 0 Å². The van der Waals surface area contributed by atoms with E-state index in [-0.39, 0.29) is 0 Å². The first-order valence-electron chi connectivity index (χ1n) is 6.07. The topological polar surface area (TPSA) is 17.1 Å². The molecule has 0 N–H and O–H groups in total. The quantitative estimate of drug-likeness (QED) is 0.511. The van der Waals surface area contributed by atoms with Crippen molar-refractivity contribution in [2.75, 3.05) is 0 Å². The molecule has 0 aliphatic heterocycles. The normalized spacial score (nSPS) is 19.8. The minimum absolute atomic E-state index is 0.348. The highest BCUT2D eigenvalue weighted by Gasteiger charge is 2.13. The number of hydrogen-bond donors (Lipinski definition) is 0. The molecule has 0 amide bonds. The predicted octanol–water partition coefficient (Wildman–Crippen LogP) is 3.91. The van der Waals surface area contributed by atoms with E-state index >= 15 is 0 Å². The highest BCUT2D eigenvalue weighted by atomic mass is 16.1. The highest BCUT2D eigenvalue weighted by molar-refractivity contribution is 5.99. The number of aryl methyl sites for hydroxylation is 1. The molecule has 0 unspecified atom stereocenters. The first kappa shape index (κ1) is 11.1. The van der Waals surface area contributed by atoms with Gasteiger partial charge in [0.15, 0.2) is 5.78 Å². The summed E-state index contributed by atoms with van der Waals surface area (Å²) in [7, 11) is 0. The maximum absolute atomic E-state index is 11.9. The van der Waals surface area contributed by atoms with Crippen LogP contribution in [0.15, 0.2) is 29.8 Å². The van der Waals surface area contributed by atoms with Gasteiger partial charge in [0.2, 0.25) is 0 Å². The minimum atomic E-state index is 0.348. The Labute approximate surface area is 97.2 Å². The van der Waals surface area contributed by atoms with Gasteiger partial charge >= 0.3 is 0 Å². The van der Waals surface area contributed by atoms with Gasteiger partial charge in [0.1, 0.15) is 0 Å². The molecule has 2 rings (SSSR count). The Bertz CT molecular complexity index is 415. The molecule has 1 nitrogen and oxygen atoms in total. The molecule has 1 aliphatic rings. The number of allylic oxidation sites excluding steroid dienone is 1. The summed E-state index contributed by atoms with van der Waals surface area (Å²) in [6, 6.07) is 8.24. The Kier molecular flexibility index (Phi) is 3.55. The molecule has 0 spiro atoms. The standard InChI is InChI=1S/C15H18O/c1-12-7-5-6-8-13(12)11-14-9-3-2-4-10-15(14)16/h5-8,11H,2-4,9-10H2,1H3/b14-11+. The third kappa shape index (κ3) is 2.60. The SMILES string of the molecule is Cc1ccccc1/C=C1\CCCCCC1=O. The van der Waals surface area contributed by atoms with Crippen molar-refractivity contribution in [1.29, 1.82) is 0 Å². The molecule has 0 radical (unpaired) electrons. The van der Waals surface area contributed by atoms with E-state index in [0.717, 1.165) is 31.3 Å². The van der Waals surface area contributed by atoms with E-state index in [1.807, 2.05) is 12.1 Å². The van der Waals surface area contributed by atoms with Gasteiger partial charge in [0.05, 0.1) is 0 Å². The Hall–Kier alpha value is -1.37. The van der Waals surface area contributed by atoms with Crippen molar-refractivity contribution in [1.82, 2.24) is 0 Å². The van der Waals surface area contributed by atoms with Gasteiger partial charge in [-0.15, -0.1) is 0 Å². The maximum Gasteiger partial charge on any atom is 0.158 e. The van der Waals surface area contributed by atoms with E-state index in [2.05, 4.69) is 25.1 Å². The van der Waals surface area contributed by atoms with Gasteiger partial charge in [-0.1, -0.05) is 30.7 Å². The Morgan fingerprint density at radius 3 is 2.62 bits per heavy atom. The molecule has 1 aliphatic carbocycles. The number of carbonyl (C=O) groups excluding carboxylic acids is 1. The molecule has 16 heavy (non-hydrogen) atoms. The smallest absolute Gasteiger partial charge is 0.158 e. The van der Waals surface area contributed by atoms with Crippen molar-refractivity contribution in [3.8, 4) is 0 Å². The van der Waals surface area contributed by atoms with Crippen molar-refractivity contribution < 1.29 is 4.79 Å². The first-order chi connectivity index (χ1) is 7.77. The predicted molar refractivity (Wildman–Crippen MR) is 67.2 cm³/mol. The number of carbonyl (C=O) groups is 1. The second-order valence-electron chi connectivity index (χ2n) is 4.51. The summed E-state index contributed by atoms with van der Waals surface area (Å²) in [5, 5.41) is 0. The van der Waals surface area contributed by atoms with Crippen molar-refractivity contribution in [2.24, 2.45) is 0 Å². The first-order valence-corrected chi connectivity index (χ1v) is 6.07. The molecule has 1 aromatic rings. The number of Topliss-reactive ketones (excluding diaryl/α,β-unsaturated/α-hetero) is 1. The van der Waals surface area contributed by atoms with Crippen molar-refractivity contribution in [3.63, 3.8) is 0 Å². The molecule has 0 bridgehead atoms. The Balaban J connectivity index is 2.28. The lowest BCUT2D eigenvalue weighted by molar-refractivity contribution is -0.115. The largest absolute Gasteiger partial charge is 0.295 e. The third-order valence-electron chi connectivity index (χ3n) is 3.23. The molecule has 0 aromatic heterocycles. The number of hydrogen-bond acceptors (Lipinski definition) is 1. The highest BCUT2D eigenvalue weighted by Crippen LogP contribution is 2.22. The summed E-state index contributed by atoms with van der Waals surface area (Å²) in [4.78, 5) is 11.9. The molecule has 1 aromatic carbocycles. The molecule has 1 heteroatoms. The van der Waals surface area contributed by atoms with E-state index in [1.54, 1.807) is 0 Å². The van der Waals surface area contributed by atoms with Crippen molar-refractivity contribution in [2.45, 2.75) is 39.0 Å². The van der Waals surface area contributed by atoms with Crippen LogP contribution < -0.4 is 0 Å². The van der Waals surface area contributed by atoms with E-state index < -0.39 is 0 Å². The van der Waals surface area contributed by atoms with E-state index in [4.69, 9.17) is 0 Å². The monoisotopic (exact) mass is 214 g/mol. The summed E-state index contributed by atoms with van der Waals surface area (Å²) >= 11 is 0. The zero-order valence-electron chi connectivity index (χ0n) is 9.83. The third-order valence-corrected chi connectivity index (χ3v) is 3.23. The fourth-order valence-electron chi connectivity index (χ4n) is 2.17. The summed E-state index contributed by atoms with van der Waals surface area (Å²) in [5.41, 5.74) is 3.45. The Morgan fingerprint density at radius 2 is 1.81 bits per heavy atom. The zero-order valence-corrected chi connectivity index (χ0v) is 9.83. The number of rotatable bonds is 1. The number of ketones is 1. The molecule has 0 heterocycles. The van der Waals surface area contributed by atoms with E-state index in [1.165, 1.54) is 17.5 Å². The lowest BCUT2D eigenvalue weighted by Gasteiger charge is -2.04. The summed E-state index contributed by atoms with van der Waals surface area (Å²) in [6.07, 6.45) is 7.18. The second kappa shape index (κ2) is 5.11. The fourth-order valence-corrected chi connectivity index (χ4v) is 2.17. The van der Waals surface area contributed by atoms with Crippen LogP contribution in [0.5, 0.6) is 0 Å². The van der Waals surface area contributed by atoms with Gasteiger partial charge in [-0.25, -0.2) is 0 Å². The average molecular weight is 214 g/mol. The molecular weight excluding hydrogens is 196 g/mol. The van der Waals surface area contributed by atoms with Crippen LogP contribution in [0, 0.1) is 6.92 Å². The van der Waals surface area contributed by atoms with Gasteiger partial charge in [0, 0.05) is 6.42 Å². The fraction of sp³-hybridized carbons (Fsp3) is 0.400. The number of benzene rings is 1. The van der Waals surface area contributed by atoms with E-state index in [0.29, 0.717) is 5.78 Å². The van der Waals surface area contributed by atoms with Crippen LogP contribution in [0.4, 0.5) is 0 Å². The van der Waals surface area contributed by atoms with Gasteiger partial charge in [-0.2, -0.15) is 0 Å². The molecule has 1 saturated carbocycles. The van der Waals surface area contributed by atoms with Gasteiger partial charge < -0.3 is 0 Å². The van der Waals surface area contributed by atoms with Crippen LogP contribution in [0.2, 0.25) is 0 Å². The van der Waals surface area contributed by atoms with Crippen molar-refractivity contribution >= 4 is 11.9 Å². The molecule has 0 atom stereocenters. The summed E-state index contributed by atoms with van der Waals surface area (Å²) in [6.45, 7) is 2.09. The van der Waals surface area contributed by atoms with E-state index in [9.17, 15) is 4.79 Å². The van der Waals surface area contributed by atoms with Crippen LogP contribution in [0.3, 0.4) is 0 Å². The van der Waals surface area contributed by atoms with Crippen LogP contribution in [0.25, 0.3) is 6.08 Å². The maximum atomic E-state index is 11.9. The summed E-state index contributed by atoms with van der Waals surface area (Å²) in [5.74, 6) is 0.348. The van der Waals surface area contributed by atoms with Crippen LogP contribution in [-0.4, -0.2) is 5.78 Å². The molecular formula is C15H18O. The van der Waals surface area contributed by atoms with Crippen molar-refractivity contribution in [3.05, 3.63) is 41.0 Å². The second-order valence-corrected chi connectivity index (χ2v) is 4.51.